The zero-order chi connectivity index (χ0) is 14.3. The number of nitrogens with two attached hydrogens (primary N) is 1. The zero-order valence-electron chi connectivity index (χ0n) is 11.1. The molecule has 6 heteroatoms. The fraction of sp³-hybridized carbons (Fsp3) is 0.462. The second-order valence-corrected chi connectivity index (χ2v) is 7.68. The molecule has 0 bridgehead atoms. The molecule has 3 N–H and O–H groups in total. The van der Waals surface area contributed by atoms with Crippen molar-refractivity contribution in [1.29, 1.82) is 0 Å². The predicted molar refractivity (Wildman–Crippen MR) is 79.6 cm³/mol. The van der Waals surface area contributed by atoms with Gasteiger partial charge in [0.05, 0.1) is 4.90 Å². The number of sulfonamides is 1. The van der Waals surface area contributed by atoms with Gasteiger partial charge in [-0.2, -0.15) is 0 Å². The van der Waals surface area contributed by atoms with Crippen molar-refractivity contribution in [3.63, 3.8) is 0 Å². The van der Waals surface area contributed by atoms with E-state index in [2.05, 4.69) is 11.6 Å². The zero-order valence-corrected chi connectivity index (χ0v) is 12.7. The number of benzene rings is 1. The minimum Gasteiger partial charge on any atom is -0.389 e. The van der Waals surface area contributed by atoms with E-state index in [1.165, 1.54) is 0 Å². The Morgan fingerprint density at radius 1 is 1.47 bits per heavy atom. The molecule has 0 radical (unpaired) electrons. The first-order valence-corrected chi connectivity index (χ1v) is 8.03. The molecular weight excluding hydrogens is 280 g/mol. The van der Waals surface area contributed by atoms with E-state index in [-0.39, 0.29) is 15.3 Å². The number of rotatable bonds is 5. The van der Waals surface area contributed by atoms with Crippen LogP contribution in [0.2, 0.25) is 0 Å². The van der Waals surface area contributed by atoms with E-state index in [9.17, 15) is 8.42 Å². The van der Waals surface area contributed by atoms with Crippen LogP contribution in [0.4, 0.5) is 0 Å². The summed E-state index contributed by atoms with van der Waals surface area (Å²) in [5, 5.41) is 0. The number of hydrogen-bond donors (Lipinski definition) is 2. The van der Waals surface area contributed by atoms with Crippen molar-refractivity contribution in [1.82, 2.24) is 4.72 Å². The van der Waals surface area contributed by atoms with Crippen LogP contribution in [0.25, 0.3) is 0 Å². The lowest BCUT2D eigenvalue weighted by Crippen LogP contribution is -2.29. The van der Waals surface area contributed by atoms with Crippen LogP contribution in [0.3, 0.4) is 0 Å². The van der Waals surface area contributed by atoms with Crippen LogP contribution >= 0.6 is 12.2 Å². The van der Waals surface area contributed by atoms with Gasteiger partial charge in [-0.25, -0.2) is 13.1 Å². The van der Waals surface area contributed by atoms with Crippen LogP contribution in [-0.4, -0.2) is 20.0 Å². The van der Waals surface area contributed by atoms with Gasteiger partial charge in [-0.15, -0.1) is 0 Å². The van der Waals surface area contributed by atoms with Crippen molar-refractivity contribution in [2.75, 3.05) is 6.54 Å². The quantitative estimate of drug-likeness (QED) is 0.812. The first-order chi connectivity index (χ1) is 8.73. The van der Waals surface area contributed by atoms with Crippen molar-refractivity contribution < 1.29 is 8.42 Å². The van der Waals surface area contributed by atoms with Gasteiger partial charge in [-0.05, 0) is 42.9 Å². The lowest BCUT2D eigenvalue weighted by Gasteiger charge is -2.12. The molecule has 0 heterocycles. The number of nitrogens with one attached hydrogen (secondary N) is 1. The SMILES string of the molecule is Cc1cc(S(=O)(=O)NCC2(C)CC2)ccc1C(N)=S. The van der Waals surface area contributed by atoms with Gasteiger partial charge in [0.15, 0.2) is 0 Å². The maximum absolute atomic E-state index is 12.2. The predicted octanol–water partition coefficient (Wildman–Crippen LogP) is 1.71. The summed E-state index contributed by atoms with van der Waals surface area (Å²) < 4.78 is 27.0. The van der Waals surface area contributed by atoms with Crippen molar-refractivity contribution in [2.45, 2.75) is 31.6 Å². The normalized spacial score (nSPS) is 17.2. The maximum Gasteiger partial charge on any atom is 0.240 e. The summed E-state index contributed by atoms with van der Waals surface area (Å²) in [5.41, 5.74) is 7.19. The third-order valence-electron chi connectivity index (χ3n) is 3.57. The number of aryl methyl sites for hydroxylation is 1. The van der Waals surface area contributed by atoms with Gasteiger partial charge in [-0.1, -0.05) is 25.2 Å². The molecule has 1 aromatic carbocycles. The summed E-state index contributed by atoms with van der Waals surface area (Å²) >= 11 is 4.91. The van der Waals surface area contributed by atoms with E-state index in [1.54, 1.807) is 25.1 Å². The molecule has 1 aromatic rings. The molecule has 1 aliphatic rings. The van der Waals surface area contributed by atoms with Gasteiger partial charge in [0.2, 0.25) is 10.0 Å². The van der Waals surface area contributed by atoms with Crippen LogP contribution in [-0.2, 0) is 10.0 Å². The van der Waals surface area contributed by atoms with Crippen LogP contribution in [0.1, 0.15) is 30.9 Å². The summed E-state index contributed by atoms with van der Waals surface area (Å²) in [7, 11) is -3.45. The molecule has 2 rings (SSSR count). The van der Waals surface area contributed by atoms with E-state index < -0.39 is 10.0 Å². The Bertz CT molecular complexity index is 620. The molecule has 0 unspecified atom stereocenters. The van der Waals surface area contributed by atoms with Crippen LogP contribution in [0, 0.1) is 12.3 Å². The van der Waals surface area contributed by atoms with E-state index in [1.807, 2.05) is 0 Å². The maximum atomic E-state index is 12.2. The molecule has 0 saturated heterocycles. The molecule has 0 amide bonds. The molecule has 0 aromatic heterocycles. The molecule has 1 fully saturated rings. The second-order valence-electron chi connectivity index (χ2n) is 5.48. The van der Waals surface area contributed by atoms with Crippen LogP contribution in [0.15, 0.2) is 23.1 Å². The monoisotopic (exact) mass is 298 g/mol. The van der Waals surface area contributed by atoms with Gasteiger partial charge < -0.3 is 5.73 Å². The van der Waals surface area contributed by atoms with Gasteiger partial charge in [-0.3, -0.25) is 0 Å². The van der Waals surface area contributed by atoms with Crippen molar-refractivity contribution in [3.8, 4) is 0 Å². The lowest BCUT2D eigenvalue weighted by molar-refractivity contribution is 0.530. The van der Waals surface area contributed by atoms with Crippen molar-refractivity contribution >= 4 is 27.2 Å². The minimum atomic E-state index is -3.45. The summed E-state index contributed by atoms with van der Waals surface area (Å²) in [6, 6.07) is 4.80. The smallest absolute Gasteiger partial charge is 0.240 e. The fourth-order valence-electron chi connectivity index (χ4n) is 1.82. The van der Waals surface area contributed by atoms with Crippen LogP contribution < -0.4 is 10.5 Å². The Morgan fingerprint density at radius 2 is 2.11 bits per heavy atom. The largest absolute Gasteiger partial charge is 0.389 e. The highest BCUT2D eigenvalue weighted by Gasteiger charge is 2.38. The summed E-state index contributed by atoms with van der Waals surface area (Å²) in [5.74, 6) is 0. The average molecular weight is 298 g/mol. The minimum absolute atomic E-state index is 0.140. The molecular formula is C13H18N2O2S2. The van der Waals surface area contributed by atoms with E-state index >= 15 is 0 Å². The second kappa shape index (κ2) is 4.85. The third kappa shape index (κ3) is 3.32. The highest BCUT2D eigenvalue weighted by Crippen LogP contribution is 2.44. The number of hydrogen-bond acceptors (Lipinski definition) is 3. The molecule has 0 aliphatic heterocycles. The van der Waals surface area contributed by atoms with Gasteiger partial charge >= 0.3 is 0 Å². The molecule has 4 nitrogen and oxygen atoms in total. The first kappa shape index (κ1) is 14.4. The Morgan fingerprint density at radius 3 is 2.58 bits per heavy atom. The van der Waals surface area contributed by atoms with E-state index in [4.69, 9.17) is 18.0 Å². The molecule has 0 spiro atoms. The summed E-state index contributed by atoms with van der Waals surface area (Å²) in [6.45, 7) is 4.37. The Balaban J connectivity index is 2.20. The molecule has 0 atom stereocenters. The van der Waals surface area contributed by atoms with Crippen molar-refractivity contribution in [3.05, 3.63) is 29.3 Å². The molecule has 19 heavy (non-hydrogen) atoms. The molecule has 104 valence electrons. The Labute approximate surface area is 119 Å². The summed E-state index contributed by atoms with van der Waals surface area (Å²) in [4.78, 5) is 0.536. The van der Waals surface area contributed by atoms with E-state index in [0.29, 0.717) is 12.1 Å². The van der Waals surface area contributed by atoms with Crippen LogP contribution in [0.5, 0.6) is 0 Å². The summed E-state index contributed by atoms with van der Waals surface area (Å²) in [6.07, 6.45) is 2.16. The average Bonchev–Trinajstić information content (AvgIpc) is 3.05. The van der Waals surface area contributed by atoms with Gasteiger partial charge in [0, 0.05) is 12.1 Å². The topological polar surface area (TPSA) is 72.2 Å². The van der Waals surface area contributed by atoms with Gasteiger partial charge in [0.25, 0.3) is 0 Å². The standard InChI is InChI=1S/C13H18N2O2S2/c1-9-7-10(3-4-11(9)12(14)18)19(16,17)15-8-13(2)5-6-13/h3-4,7,15H,5-6,8H2,1-2H3,(H2,14,18). The third-order valence-corrected chi connectivity index (χ3v) is 5.18. The highest BCUT2D eigenvalue weighted by molar-refractivity contribution is 7.89. The van der Waals surface area contributed by atoms with Crippen molar-refractivity contribution in [2.24, 2.45) is 11.1 Å². The lowest BCUT2D eigenvalue weighted by atomic mass is 10.1. The molecule has 1 saturated carbocycles. The van der Waals surface area contributed by atoms with E-state index in [0.717, 1.165) is 18.4 Å². The number of thiocarbonyl (C=S) groups is 1. The molecule has 1 aliphatic carbocycles. The fourth-order valence-corrected chi connectivity index (χ4v) is 3.34. The Kier molecular flexibility index (Phi) is 3.68. The first-order valence-electron chi connectivity index (χ1n) is 6.14. The highest BCUT2D eigenvalue weighted by atomic mass is 32.2. The van der Waals surface area contributed by atoms with Gasteiger partial charge in [0.1, 0.15) is 4.99 Å². The Hall–Kier alpha value is -0.980.